The maximum absolute atomic E-state index is 13.8. The molecule has 0 spiro atoms. The highest BCUT2D eigenvalue weighted by atomic mass is 35.5. The van der Waals surface area contributed by atoms with Crippen molar-refractivity contribution in [2.24, 2.45) is 0 Å². The Balaban J connectivity index is 2.03. The standard InChI is InChI=1S/C19H14ClFN2OS2/c1-12-5-6-13(11-14(12)21)22-19(25)17(23-9-3-2-4-10-23)18(24)15-7-8-16(20)26-15/h2-11H,1H3,(H-,22,24,25). The maximum Gasteiger partial charge on any atom is 0.239 e. The van der Waals surface area contributed by atoms with Gasteiger partial charge in [0.15, 0.2) is 17.4 Å². The van der Waals surface area contributed by atoms with E-state index in [2.05, 4.69) is 5.32 Å². The highest BCUT2D eigenvalue weighted by molar-refractivity contribution is 7.81. The molecule has 0 saturated carbocycles. The van der Waals surface area contributed by atoms with E-state index in [9.17, 15) is 9.50 Å². The molecule has 2 aromatic heterocycles. The molecule has 1 aromatic carbocycles. The van der Waals surface area contributed by atoms with Crippen molar-refractivity contribution in [1.82, 2.24) is 0 Å². The lowest BCUT2D eigenvalue weighted by molar-refractivity contribution is -0.577. The average Bonchev–Trinajstić information content (AvgIpc) is 3.06. The average molecular weight is 405 g/mol. The van der Waals surface area contributed by atoms with Crippen LogP contribution >= 0.6 is 35.2 Å². The van der Waals surface area contributed by atoms with E-state index in [-0.39, 0.29) is 22.3 Å². The van der Waals surface area contributed by atoms with E-state index in [4.69, 9.17) is 23.8 Å². The second-order valence-corrected chi connectivity index (χ2v) is 7.61. The van der Waals surface area contributed by atoms with Gasteiger partial charge in [0, 0.05) is 22.7 Å². The summed E-state index contributed by atoms with van der Waals surface area (Å²) in [7, 11) is 0. The van der Waals surface area contributed by atoms with Crippen LogP contribution in [0, 0.1) is 12.7 Å². The van der Waals surface area contributed by atoms with Gasteiger partial charge < -0.3 is 10.4 Å². The molecule has 3 aromatic rings. The molecule has 0 amide bonds. The molecule has 0 aliphatic rings. The van der Waals surface area contributed by atoms with Crippen LogP contribution in [0.25, 0.3) is 11.5 Å². The molecule has 0 unspecified atom stereocenters. The number of thiophene rings is 1. The van der Waals surface area contributed by atoms with Crippen LogP contribution in [0.2, 0.25) is 4.34 Å². The molecule has 0 saturated heterocycles. The third-order valence-electron chi connectivity index (χ3n) is 3.63. The topological polar surface area (TPSA) is 39.0 Å². The van der Waals surface area contributed by atoms with E-state index in [1.165, 1.54) is 17.4 Å². The Hall–Kier alpha value is -2.28. The first-order valence-electron chi connectivity index (χ1n) is 7.67. The van der Waals surface area contributed by atoms with E-state index in [1.54, 1.807) is 60.3 Å². The number of hydrogen-bond acceptors (Lipinski definition) is 3. The van der Waals surface area contributed by atoms with Gasteiger partial charge in [0.25, 0.3) is 0 Å². The molecule has 0 fully saturated rings. The van der Waals surface area contributed by atoms with Crippen molar-refractivity contribution in [3.05, 3.63) is 81.5 Å². The minimum Gasteiger partial charge on any atom is -0.867 e. The summed E-state index contributed by atoms with van der Waals surface area (Å²) >= 11 is 12.6. The lowest BCUT2D eigenvalue weighted by Gasteiger charge is -2.15. The largest absolute Gasteiger partial charge is 0.867 e. The van der Waals surface area contributed by atoms with E-state index in [1.807, 2.05) is 6.07 Å². The number of halogens is 2. The number of nitrogens with zero attached hydrogens (tertiary/aromatic N) is 1. The van der Waals surface area contributed by atoms with Crippen LogP contribution in [-0.2, 0) is 0 Å². The summed E-state index contributed by atoms with van der Waals surface area (Å²) in [6.07, 6.45) is 3.46. The van der Waals surface area contributed by atoms with Gasteiger partial charge in [0.05, 0.1) is 4.34 Å². The minimum atomic E-state index is -0.344. The Bertz CT molecular complexity index is 986. The summed E-state index contributed by atoms with van der Waals surface area (Å²) < 4.78 is 16.0. The van der Waals surface area contributed by atoms with Crippen molar-refractivity contribution in [3.63, 3.8) is 0 Å². The van der Waals surface area contributed by atoms with Crippen molar-refractivity contribution in [2.45, 2.75) is 6.92 Å². The zero-order chi connectivity index (χ0) is 18.7. The predicted molar refractivity (Wildman–Crippen MR) is 106 cm³/mol. The molecule has 3 nitrogen and oxygen atoms in total. The Morgan fingerprint density at radius 1 is 1.19 bits per heavy atom. The smallest absolute Gasteiger partial charge is 0.239 e. The van der Waals surface area contributed by atoms with Gasteiger partial charge in [-0.15, -0.1) is 11.3 Å². The van der Waals surface area contributed by atoms with E-state index >= 15 is 0 Å². The van der Waals surface area contributed by atoms with Gasteiger partial charge in [0.1, 0.15) is 5.82 Å². The van der Waals surface area contributed by atoms with Crippen LogP contribution in [0.5, 0.6) is 0 Å². The molecule has 0 radical (unpaired) electrons. The summed E-state index contributed by atoms with van der Waals surface area (Å²) in [5.74, 6) is -0.605. The number of pyridine rings is 1. The highest BCUT2D eigenvalue weighted by Crippen LogP contribution is 2.27. The highest BCUT2D eigenvalue weighted by Gasteiger charge is 2.19. The molecule has 7 heteroatoms. The normalized spacial score (nSPS) is 11.8. The molecule has 26 heavy (non-hydrogen) atoms. The van der Waals surface area contributed by atoms with Crippen LogP contribution in [-0.4, -0.2) is 4.99 Å². The van der Waals surface area contributed by atoms with Crippen LogP contribution in [0.3, 0.4) is 0 Å². The summed E-state index contributed by atoms with van der Waals surface area (Å²) in [6, 6.07) is 13.5. The number of hydrogen-bond donors (Lipinski definition) is 1. The predicted octanol–water partition coefficient (Wildman–Crippen LogP) is 4.26. The van der Waals surface area contributed by atoms with E-state index < -0.39 is 0 Å². The van der Waals surface area contributed by atoms with Crippen LogP contribution < -0.4 is 15.0 Å². The van der Waals surface area contributed by atoms with E-state index in [0.29, 0.717) is 20.5 Å². The number of aryl methyl sites for hydroxylation is 1. The monoisotopic (exact) mass is 404 g/mol. The molecule has 0 aliphatic carbocycles. The fourth-order valence-electron chi connectivity index (χ4n) is 2.30. The van der Waals surface area contributed by atoms with Gasteiger partial charge in [-0.2, -0.15) is 4.57 Å². The number of rotatable bonds is 4. The van der Waals surface area contributed by atoms with Crippen molar-refractivity contribution in [3.8, 4) is 0 Å². The number of anilines is 1. The molecule has 0 bridgehead atoms. The van der Waals surface area contributed by atoms with Gasteiger partial charge in [-0.05, 0) is 42.5 Å². The zero-order valence-electron chi connectivity index (χ0n) is 13.7. The molecular weight excluding hydrogens is 391 g/mol. The van der Waals surface area contributed by atoms with Crippen LogP contribution in [0.4, 0.5) is 10.1 Å². The molecule has 0 aliphatic heterocycles. The fraction of sp³-hybridized carbons (Fsp3) is 0.0526. The molecular formula is C19H14ClFN2OS2. The lowest BCUT2D eigenvalue weighted by atomic mass is 10.2. The first kappa shape index (κ1) is 18.5. The van der Waals surface area contributed by atoms with Gasteiger partial charge in [-0.1, -0.05) is 36.0 Å². The summed E-state index contributed by atoms with van der Waals surface area (Å²) in [6.45, 7) is 1.68. The van der Waals surface area contributed by atoms with E-state index in [0.717, 1.165) is 0 Å². The molecule has 0 atom stereocenters. The van der Waals surface area contributed by atoms with Crippen molar-refractivity contribution < 1.29 is 14.1 Å². The first-order chi connectivity index (χ1) is 12.5. The Kier molecular flexibility index (Phi) is 5.66. The Morgan fingerprint density at radius 2 is 1.92 bits per heavy atom. The SMILES string of the molecule is Cc1ccc(NC(=S)C(=C([O-])c2ccc(Cl)s2)[n+]2ccccc2)cc1F. The lowest BCUT2D eigenvalue weighted by Crippen LogP contribution is -2.39. The zero-order valence-corrected chi connectivity index (χ0v) is 16.1. The van der Waals surface area contributed by atoms with Crippen molar-refractivity contribution in [2.75, 3.05) is 5.32 Å². The Labute approximate surface area is 165 Å². The van der Waals surface area contributed by atoms with Crippen LogP contribution in [0.15, 0.2) is 60.9 Å². The second kappa shape index (κ2) is 7.95. The Morgan fingerprint density at radius 3 is 2.54 bits per heavy atom. The van der Waals surface area contributed by atoms with Crippen molar-refractivity contribution >= 4 is 57.3 Å². The molecule has 3 rings (SSSR count). The summed E-state index contributed by atoms with van der Waals surface area (Å²) in [5, 5.41) is 16.0. The summed E-state index contributed by atoms with van der Waals surface area (Å²) in [4.78, 5) is 0.666. The minimum absolute atomic E-state index is 0.193. The van der Waals surface area contributed by atoms with Gasteiger partial charge in [-0.3, -0.25) is 0 Å². The number of thiocarbonyl (C=S) groups is 1. The van der Waals surface area contributed by atoms with Gasteiger partial charge >= 0.3 is 0 Å². The number of aromatic nitrogens is 1. The van der Waals surface area contributed by atoms with Crippen molar-refractivity contribution in [1.29, 1.82) is 0 Å². The third kappa shape index (κ3) is 4.09. The second-order valence-electron chi connectivity index (χ2n) is 5.48. The van der Waals surface area contributed by atoms with Crippen LogP contribution in [0.1, 0.15) is 10.4 Å². The fourth-order valence-corrected chi connectivity index (χ4v) is 3.60. The quantitative estimate of drug-likeness (QED) is 0.305. The molecule has 2 heterocycles. The van der Waals surface area contributed by atoms with Gasteiger partial charge in [-0.25, -0.2) is 4.39 Å². The first-order valence-corrected chi connectivity index (χ1v) is 9.27. The molecule has 1 N–H and O–H groups in total. The third-order valence-corrected chi connectivity index (χ3v) is 5.16. The maximum atomic E-state index is 13.8. The van der Waals surface area contributed by atoms with Gasteiger partial charge in [0.2, 0.25) is 5.70 Å². The summed E-state index contributed by atoms with van der Waals surface area (Å²) in [5.41, 5.74) is 1.27. The number of nitrogens with one attached hydrogen (secondary N) is 1. The molecule has 132 valence electrons. The number of benzene rings is 1.